The Hall–Kier alpha value is -3.23. The predicted molar refractivity (Wildman–Crippen MR) is 122 cm³/mol. The second-order valence-electron chi connectivity index (χ2n) is 6.46. The first-order valence-electron chi connectivity index (χ1n) is 9.13. The molecule has 9 heteroatoms. The summed E-state index contributed by atoms with van der Waals surface area (Å²) in [7, 11) is 0. The van der Waals surface area contributed by atoms with Gasteiger partial charge in [-0.3, -0.25) is 14.9 Å². The molecule has 1 N–H and O–H groups in total. The number of nitro groups is 1. The minimum atomic E-state index is -0.514. The van der Waals surface area contributed by atoms with Crippen LogP contribution in [0.15, 0.2) is 76.3 Å². The number of benzene rings is 3. The number of nitrogens with zero attached hydrogens (tertiary/aromatic N) is 2. The summed E-state index contributed by atoms with van der Waals surface area (Å²) in [6.45, 7) is 0.394. The fourth-order valence-electron chi connectivity index (χ4n) is 2.69. The van der Waals surface area contributed by atoms with E-state index >= 15 is 0 Å². The van der Waals surface area contributed by atoms with Crippen LogP contribution in [0.4, 0.5) is 5.69 Å². The molecule has 0 aliphatic carbocycles. The van der Waals surface area contributed by atoms with Gasteiger partial charge in [-0.05, 0) is 57.4 Å². The van der Waals surface area contributed by atoms with Gasteiger partial charge in [0.1, 0.15) is 12.4 Å². The molecule has 0 aliphatic rings. The summed E-state index contributed by atoms with van der Waals surface area (Å²) in [6, 6.07) is 18.9. The fraction of sp³-hybridized carbons (Fsp3) is 0.0909. The Morgan fingerprint density at radius 3 is 2.61 bits per heavy atom. The minimum absolute atomic E-state index is 0.0975. The van der Waals surface area contributed by atoms with Gasteiger partial charge < -0.3 is 4.74 Å². The van der Waals surface area contributed by atoms with Gasteiger partial charge in [0.2, 0.25) is 5.91 Å². The van der Waals surface area contributed by atoms with Crippen LogP contribution in [0.5, 0.6) is 5.75 Å². The molecule has 0 heterocycles. The Kier molecular flexibility index (Phi) is 7.75. The van der Waals surface area contributed by atoms with Gasteiger partial charge in [0.25, 0.3) is 5.69 Å². The lowest BCUT2D eigenvalue weighted by atomic mass is 10.1. The predicted octanol–water partition coefficient (Wildman–Crippen LogP) is 5.28. The van der Waals surface area contributed by atoms with Gasteiger partial charge in [0, 0.05) is 16.7 Å². The molecule has 7 nitrogen and oxygen atoms in total. The summed E-state index contributed by atoms with van der Waals surface area (Å²) in [5.74, 6) is 0.208. The molecule has 0 unspecified atom stereocenters. The van der Waals surface area contributed by atoms with E-state index in [1.54, 1.807) is 48.5 Å². The van der Waals surface area contributed by atoms with Crippen molar-refractivity contribution in [3.63, 3.8) is 0 Å². The summed E-state index contributed by atoms with van der Waals surface area (Å²) in [5.41, 5.74) is 4.33. The molecule has 3 rings (SSSR count). The van der Waals surface area contributed by atoms with Crippen molar-refractivity contribution in [1.29, 1.82) is 0 Å². The summed E-state index contributed by atoms with van der Waals surface area (Å²) >= 11 is 9.34. The van der Waals surface area contributed by atoms with Crippen LogP contribution in [0.3, 0.4) is 0 Å². The highest BCUT2D eigenvalue weighted by Crippen LogP contribution is 2.26. The molecule has 0 spiro atoms. The third-order valence-corrected chi connectivity index (χ3v) is 5.08. The van der Waals surface area contributed by atoms with Crippen molar-refractivity contribution in [2.24, 2.45) is 5.10 Å². The normalized spacial score (nSPS) is 10.8. The molecule has 3 aromatic carbocycles. The molecule has 31 heavy (non-hydrogen) atoms. The van der Waals surface area contributed by atoms with Gasteiger partial charge in [-0.1, -0.05) is 41.9 Å². The maximum Gasteiger partial charge on any atom is 0.273 e. The number of hydrogen-bond acceptors (Lipinski definition) is 5. The van der Waals surface area contributed by atoms with Gasteiger partial charge in [-0.25, -0.2) is 5.43 Å². The van der Waals surface area contributed by atoms with Crippen LogP contribution in [-0.4, -0.2) is 17.0 Å². The Labute approximate surface area is 192 Å². The number of carbonyl (C=O) groups is 1. The first-order chi connectivity index (χ1) is 14.9. The molecule has 0 fully saturated rings. The summed E-state index contributed by atoms with van der Waals surface area (Å²) in [4.78, 5) is 22.6. The topological polar surface area (TPSA) is 93.8 Å². The van der Waals surface area contributed by atoms with E-state index in [2.05, 4.69) is 26.5 Å². The quantitative estimate of drug-likeness (QED) is 0.257. The van der Waals surface area contributed by atoms with Gasteiger partial charge in [0.05, 0.1) is 22.0 Å². The lowest BCUT2D eigenvalue weighted by molar-refractivity contribution is -0.385. The first kappa shape index (κ1) is 22.5. The third-order valence-electron chi connectivity index (χ3n) is 4.21. The molecule has 0 aromatic heterocycles. The standard InChI is InChI=1S/C22H17BrClN3O4/c23-19-11-16(7-10-21(19)31-14-15-5-8-18(24)9-6-15)13-25-26-22(28)12-17-3-1-2-4-20(17)27(29)30/h1-11,13H,12,14H2,(H,26,28)/b25-13+. The van der Waals surface area contributed by atoms with Crippen molar-refractivity contribution in [2.45, 2.75) is 13.0 Å². The van der Waals surface area contributed by atoms with E-state index in [0.717, 1.165) is 15.6 Å². The van der Waals surface area contributed by atoms with E-state index in [1.807, 2.05) is 12.1 Å². The van der Waals surface area contributed by atoms with Crippen LogP contribution < -0.4 is 10.2 Å². The lowest BCUT2D eigenvalue weighted by Gasteiger charge is -2.09. The fourth-order valence-corrected chi connectivity index (χ4v) is 3.32. The zero-order chi connectivity index (χ0) is 22.2. The van der Waals surface area contributed by atoms with Gasteiger partial charge in [-0.15, -0.1) is 0 Å². The molecule has 3 aromatic rings. The molecular weight excluding hydrogens is 486 g/mol. The Balaban J connectivity index is 1.55. The summed E-state index contributed by atoms with van der Waals surface area (Å²) in [5, 5.41) is 15.6. The highest BCUT2D eigenvalue weighted by Gasteiger charge is 2.15. The number of ether oxygens (including phenoxy) is 1. The van der Waals surface area contributed by atoms with E-state index < -0.39 is 10.8 Å². The molecule has 0 aliphatic heterocycles. The van der Waals surface area contributed by atoms with Crippen LogP contribution >= 0.6 is 27.5 Å². The van der Waals surface area contributed by atoms with Gasteiger partial charge in [-0.2, -0.15) is 5.10 Å². The molecule has 1 amide bonds. The van der Waals surface area contributed by atoms with E-state index in [9.17, 15) is 14.9 Å². The molecule has 0 atom stereocenters. The number of hydrazone groups is 1. The number of halogens is 2. The zero-order valence-electron chi connectivity index (χ0n) is 16.1. The summed E-state index contributed by atoms with van der Waals surface area (Å²) in [6.07, 6.45) is 1.33. The monoisotopic (exact) mass is 501 g/mol. The highest BCUT2D eigenvalue weighted by atomic mass is 79.9. The van der Waals surface area contributed by atoms with Crippen LogP contribution in [-0.2, 0) is 17.8 Å². The third kappa shape index (κ3) is 6.63. The van der Waals surface area contributed by atoms with Crippen LogP contribution in [0, 0.1) is 10.1 Å². The van der Waals surface area contributed by atoms with Crippen LogP contribution in [0.25, 0.3) is 0 Å². The lowest BCUT2D eigenvalue weighted by Crippen LogP contribution is -2.20. The SMILES string of the molecule is O=C(Cc1ccccc1[N+](=O)[O-])N/N=C/c1ccc(OCc2ccc(Cl)cc2)c(Br)c1. The average Bonchev–Trinajstić information content (AvgIpc) is 2.74. The number of rotatable bonds is 8. The minimum Gasteiger partial charge on any atom is -0.488 e. The van der Waals surface area contributed by atoms with E-state index in [1.165, 1.54) is 12.3 Å². The first-order valence-corrected chi connectivity index (χ1v) is 10.3. The Bertz CT molecular complexity index is 1120. The van der Waals surface area contributed by atoms with Gasteiger partial charge in [0.15, 0.2) is 0 Å². The number of carbonyl (C=O) groups excluding carboxylic acids is 1. The smallest absolute Gasteiger partial charge is 0.273 e. The number of hydrogen-bond donors (Lipinski definition) is 1. The Morgan fingerprint density at radius 1 is 1.16 bits per heavy atom. The number of para-hydroxylation sites is 1. The van der Waals surface area contributed by atoms with Crippen molar-refractivity contribution in [3.05, 3.63) is 103 Å². The van der Waals surface area contributed by atoms with Gasteiger partial charge >= 0.3 is 0 Å². The van der Waals surface area contributed by atoms with Crippen molar-refractivity contribution in [1.82, 2.24) is 5.43 Å². The maximum absolute atomic E-state index is 12.1. The molecular formula is C22H17BrClN3O4. The maximum atomic E-state index is 12.1. The van der Waals surface area contributed by atoms with Crippen LogP contribution in [0.2, 0.25) is 5.02 Å². The molecule has 0 bridgehead atoms. The second kappa shape index (κ2) is 10.7. The second-order valence-corrected chi connectivity index (χ2v) is 7.75. The molecule has 0 saturated heterocycles. The highest BCUT2D eigenvalue weighted by molar-refractivity contribution is 9.10. The number of nitro benzene ring substituents is 1. The van der Waals surface area contributed by atoms with E-state index in [-0.39, 0.29) is 12.1 Å². The van der Waals surface area contributed by atoms with Crippen molar-refractivity contribution in [2.75, 3.05) is 0 Å². The number of amides is 1. The van der Waals surface area contributed by atoms with E-state index in [0.29, 0.717) is 22.9 Å². The number of nitrogens with one attached hydrogen (secondary N) is 1. The largest absolute Gasteiger partial charge is 0.488 e. The average molecular weight is 503 g/mol. The Morgan fingerprint density at radius 2 is 1.90 bits per heavy atom. The van der Waals surface area contributed by atoms with Crippen molar-refractivity contribution < 1.29 is 14.5 Å². The van der Waals surface area contributed by atoms with Crippen LogP contribution in [0.1, 0.15) is 16.7 Å². The zero-order valence-corrected chi connectivity index (χ0v) is 18.5. The molecule has 158 valence electrons. The van der Waals surface area contributed by atoms with Crippen molar-refractivity contribution in [3.8, 4) is 5.75 Å². The molecule has 0 radical (unpaired) electrons. The van der Waals surface area contributed by atoms with E-state index in [4.69, 9.17) is 16.3 Å². The molecule has 0 saturated carbocycles. The summed E-state index contributed by atoms with van der Waals surface area (Å²) < 4.78 is 6.53. The van der Waals surface area contributed by atoms with Crippen molar-refractivity contribution >= 4 is 45.3 Å².